The van der Waals surface area contributed by atoms with Crippen molar-refractivity contribution < 1.29 is 9.47 Å². The molecule has 2 fully saturated rings. The van der Waals surface area contributed by atoms with Gasteiger partial charge in [-0.2, -0.15) is 0 Å². The Morgan fingerprint density at radius 2 is 2.00 bits per heavy atom. The molecule has 1 spiro atoms. The molecular formula is C16H32N2O2. The molecule has 0 aromatic heterocycles. The predicted octanol–water partition coefficient (Wildman–Crippen LogP) is 2.17. The van der Waals surface area contributed by atoms with Crippen molar-refractivity contribution in [3.05, 3.63) is 0 Å². The van der Waals surface area contributed by atoms with Crippen LogP contribution in [0.5, 0.6) is 0 Å². The van der Waals surface area contributed by atoms with E-state index in [4.69, 9.17) is 15.2 Å². The first kappa shape index (κ1) is 16.2. The van der Waals surface area contributed by atoms with E-state index in [2.05, 4.69) is 4.90 Å². The monoisotopic (exact) mass is 284 g/mol. The summed E-state index contributed by atoms with van der Waals surface area (Å²) in [6.45, 7) is 4.66. The van der Waals surface area contributed by atoms with Gasteiger partial charge in [0.15, 0.2) is 0 Å². The summed E-state index contributed by atoms with van der Waals surface area (Å²) in [4.78, 5) is 2.46. The third-order valence-corrected chi connectivity index (χ3v) is 4.86. The van der Waals surface area contributed by atoms with Crippen LogP contribution in [0.25, 0.3) is 0 Å². The van der Waals surface area contributed by atoms with Gasteiger partial charge in [0.25, 0.3) is 0 Å². The fourth-order valence-corrected chi connectivity index (χ4v) is 3.71. The standard InChI is InChI=1S/C16H32N2O2/c1-19-13-12-18(11-5-10-17)14-15-6-9-16(20-15)7-3-2-4-8-16/h15H,2-14,17H2,1H3. The zero-order valence-corrected chi connectivity index (χ0v) is 13.1. The van der Waals surface area contributed by atoms with Gasteiger partial charge in [-0.25, -0.2) is 0 Å². The van der Waals surface area contributed by atoms with Gasteiger partial charge in [0.2, 0.25) is 0 Å². The van der Waals surface area contributed by atoms with Gasteiger partial charge in [-0.3, -0.25) is 4.90 Å². The third-order valence-electron chi connectivity index (χ3n) is 4.86. The maximum Gasteiger partial charge on any atom is 0.0710 e. The van der Waals surface area contributed by atoms with Gasteiger partial charge < -0.3 is 15.2 Å². The molecule has 2 rings (SSSR count). The van der Waals surface area contributed by atoms with E-state index in [9.17, 15) is 0 Å². The molecule has 0 radical (unpaired) electrons. The Morgan fingerprint density at radius 1 is 1.20 bits per heavy atom. The van der Waals surface area contributed by atoms with Crippen LogP contribution in [0.15, 0.2) is 0 Å². The summed E-state index contributed by atoms with van der Waals surface area (Å²) in [5, 5.41) is 0. The summed E-state index contributed by atoms with van der Waals surface area (Å²) in [5.74, 6) is 0. The lowest BCUT2D eigenvalue weighted by Gasteiger charge is -2.34. The number of rotatable bonds is 8. The van der Waals surface area contributed by atoms with Crippen LogP contribution in [0.2, 0.25) is 0 Å². The van der Waals surface area contributed by atoms with Crippen LogP contribution in [0.1, 0.15) is 51.4 Å². The number of nitrogens with zero attached hydrogens (tertiary/aromatic N) is 1. The smallest absolute Gasteiger partial charge is 0.0710 e. The Balaban J connectivity index is 1.78. The van der Waals surface area contributed by atoms with E-state index in [1.54, 1.807) is 7.11 Å². The minimum Gasteiger partial charge on any atom is -0.383 e. The summed E-state index contributed by atoms with van der Waals surface area (Å²) in [5.41, 5.74) is 5.88. The van der Waals surface area contributed by atoms with E-state index in [1.807, 2.05) is 0 Å². The molecule has 0 bridgehead atoms. The normalized spacial score (nSPS) is 25.6. The first-order valence-electron chi connectivity index (χ1n) is 8.37. The molecule has 1 saturated heterocycles. The van der Waals surface area contributed by atoms with Crippen molar-refractivity contribution in [3.63, 3.8) is 0 Å². The van der Waals surface area contributed by atoms with E-state index in [0.717, 1.165) is 39.2 Å². The highest BCUT2D eigenvalue weighted by Crippen LogP contribution is 2.41. The summed E-state index contributed by atoms with van der Waals surface area (Å²) in [6.07, 6.45) is 10.6. The molecule has 1 unspecified atom stereocenters. The van der Waals surface area contributed by atoms with Gasteiger partial charge in [0, 0.05) is 20.2 Å². The molecule has 0 aromatic rings. The second-order valence-electron chi connectivity index (χ2n) is 6.46. The van der Waals surface area contributed by atoms with Gasteiger partial charge in [-0.15, -0.1) is 0 Å². The van der Waals surface area contributed by atoms with Gasteiger partial charge >= 0.3 is 0 Å². The number of ether oxygens (including phenoxy) is 2. The molecule has 1 heterocycles. The van der Waals surface area contributed by atoms with Crippen molar-refractivity contribution in [3.8, 4) is 0 Å². The Kier molecular flexibility index (Phi) is 6.75. The summed E-state index contributed by atoms with van der Waals surface area (Å²) in [6, 6.07) is 0. The van der Waals surface area contributed by atoms with Crippen LogP contribution in [-0.4, -0.2) is 56.5 Å². The zero-order chi connectivity index (χ0) is 14.3. The predicted molar refractivity (Wildman–Crippen MR) is 81.9 cm³/mol. The maximum absolute atomic E-state index is 6.47. The zero-order valence-electron chi connectivity index (χ0n) is 13.1. The molecule has 4 nitrogen and oxygen atoms in total. The van der Waals surface area contributed by atoms with Gasteiger partial charge in [0.1, 0.15) is 0 Å². The van der Waals surface area contributed by atoms with Crippen LogP contribution >= 0.6 is 0 Å². The van der Waals surface area contributed by atoms with Gasteiger partial charge in [-0.05, 0) is 45.2 Å². The van der Waals surface area contributed by atoms with Crippen LogP contribution in [-0.2, 0) is 9.47 Å². The highest BCUT2D eigenvalue weighted by atomic mass is 16.5. The molecule has 1 aliphatic carbocycles. The van der Waals surface area contributed by atoms with E-state index in [-0.39, 0.29) is 5.60 Å². The maximum atomic E-state index is 6.47. The molecule has 2 N–H and O–H groups in total. The lowest BCUT2D eigenvalue weighted by Crippen LogP contribution is -2.38. The molecule has 1 atom stereocenters. The van der Waals surface area contributed by atoms with Crippen LogP contribution in [0.4, 0.5) is 0 Å². The van der Waals surface area contributed by atoms with Crippen LogP contribution < -0.4 is 5.73 Å². The molecule has 2 aliphatic rings. The van der Waals surface area contributed by atoms with Crippen molar-refractivity contribution >= 4 is 0 Å². The van der Waals surface area contributed by atoms with E-state index in [1.165, 1.54) is 44.9 Å². The van der Waals surface area contributed by atoms with Crippen molar-refractivity contribution in [2.75, 3.05) is 39.9 Å². The van der Waals surface area contributed by atoms with Crippen LogP contribution in [0.3, 0.4) is 0 Å². The summed E-state index contributed by atoms with van der Waals surface area (Å²) in [7, 11) is 1.77. The van der Waals surface area contributed by atoms with E-state index in [0.29, 0.717) is 6.10 Å². The first-order chi connectivity index (χ1) is 9.78. The van der Waals surface area contributed by atoms with E-state index >= 15 is 0 Å². The first-order valence-corrected chi connectivity index (χ1v) is 8.37. The molecule has 4 heteroatoms. The summed E-state index contributed by atoms with van der Waals surface area (Å²) < 4.78 is 11.7. The number of nitrogens with two attached hydrogens (primary N) is 1. The Hall–Kier alpha value is -0.160. The van der Waals surface area contributed by atoms with Crippen molar-refractivity contribution in [2.24, 2.45) is 5.73 Å². The van der Waals surface area contributed by atoms with Crippen molar-refractivity contribution in [2.45, 2.75) is 63.1 Å². The fraction of sp³-hybridized carbons (Fsp3) is 1.00. The molecule has 118 valence electrons. The molecule has 1 saturated carbocycles. The number of hydrogen-bond acceptors (Lipinski definition) is 4. The molecule has 20 heavy (non-hydrogen) atoms. The quantitative estimate of drug-likeness (QED) is 0.742. The molecule has 1 aliphatic heterocycles. The SMILES string of the molecule is COCCN(CCCN)CC1CCC2(CCCCC2)O1. The summed E-state index contributed by atoms with van der Waals surface area (Å²) >= 11 is 0. The largest absolute Gasteiger partial charge is 0.383 e. The second-order valence-corrected chi connectivity index (χ2v) is 6.46. The average molecular weight is 284 g/mol. The molecule has 0 aromatic carbocycles. The van der Waals surface area contributed by atoms with Gasteiger partial charge in [-0.1, -0.05) is 19.3 Å². The third kappa shape index (κ3) is 4.69. The minimum atomic E-state index is 0.240. The van der Waals surface area contributed by atoms with Gasteiger partial charge in [0.05, 0.1) is 18.3 Å². The Morgan fingerprint density at radius 3 is 2.70 bits per heavy atom. The van der Waals surface area contributed by atoms with Crippen molar-refractivity contribution in [1.82, 2.24) is 4.90 Å². The fourth-order valence-electron chi connectivity index (χ4n) is 3.71. The van der Waals surface area contributed by atoms with Crippen LogP contribution in [0, 0.1) is 0 Å². The topological polar surface area (TPSA) is 47.7 Å². The highest BCUT2D eigenvalue weighted by Gasteiger charge is 2.40. The molecule has 0 amide bonds. The number of hydrogen-bond donors (Lipinski definition) is 1. The van der Waals surface area contributed by atoms with Crippen molar-refractivity contribution in [1.29, 1.82) is 0 Å². The Labute approximate surface area is 124 Å². The molecular weight excluding hydrogens is 252 g/mol. The lowest BCUT2D eigenvalue weighted by molar-refractivity contribution is -0.0727. The minimum absolute atomic E-state index is 0.240. The lowest BCUT2D eigenvalue weighted by atomic mass is 9.83. The van der Waals surface area contributed by atoms with E-state index < -0.39 is 0 Å². The highest BCUT2D eigenvalue weighted by molar-refractivity contribution is 4.92. The Bertz CT molecular complexity index is 259. The second kappa shape index (κ2) is 8.32. The average Bonchev–Trinajstić information content (AvgIpc) is 2.85. The number of methoxy groups -OCH3 is 1.